The number of pyridine rings is 1. The first-order chi connectivity index (χ1) is 11.5. The second kappa shape index (κ2) is 8.82. The van der Waals surface area contributed by atoms with Crippen LogP contribution in [0.4, 0.5) is 0 Å². The van der Waals surface area contributed by atoms with Crippen LogP contribution in [0.5, 0.6) is 0 Å². The van der Waals surface area contributed by atoms with Gasteiger partial charge in [0.15, 0.2) is 0 Å². The largest absolute Gasteiger partial charge is 0.460 e. The average Bonchev–Trinajstić information content (AvgIpc) is 2.58. The summed E-state index contributed by atoms with van der Waals surface area (Å²) < 4.78 is 5.10. The molecule has 0 radical (unpaired) electrons. The highest BCUT2D eigenvalue weighted by molar-refractivity contribution is 5.89. The van der Waals surface area contributed by atoms with E-state index in [4.69, 9.17) is 4.74 Å². The number of nitrogens with one attached hydrogen (secondary N) is 1. The van der Waals surface area contributed by atoms with Crippen LogP contribution in [-0.4, -0.2) is 30.0 Å². The summed E-state index contributed by atoms with van der Waals surface area (Å²) in [5.41, 5.74) is 3.58. The van der Waals surface area contributed by atoms with E-state index in [-0.39, 0.29) is 12.5 Å². The summed E-state index contributed by atoms with van der Waals surface area (Å²) in [5.74, 6) is -0.486. The topological polar surface area (TPSA) is 68.3 Å². The quantitative estimate of drug-likeness (QED) is 0.627. The third-order valence-electron chi connectivity index (χ3n) is 3.57. The van der Waals surface area contributed by atoms with Crippen LogP contribution in [-0.2, 0) is 16.0 Å². The maximum atomic E-state index is 11.8. The first kappa shape index (κ1) is 17.7. The molecule has 0 bridgehead atoms. The normalized spacial score (nSPS) is 10.2. The van der Waals surface area contributed by atoms with E-state index >= 15 is 0 Å². The second-order valence-corrected chi connectivity index (χ2v) is 5.66. The number of hydrogen-bond acceptors (Lipinski definition) is 4. The van der Waals surface area contributed by atoms with Gasteiger partial charge in [-0.3, -0.25) is 9.78 Å². The van der Waals surface area contributed by atoms with E-state index in [0.29, 0.717) is 24.9 Å². The third kappa shape index (κ3) is 5.83. The van der Waals surface area contributed by atoms with Crippen LogP contribution >= 0.6 is 0 Å². The number of benzene rings is 1. The molecule has 1 heterocycles. The molecule has 0 saturated heterocycles. The van der Waals surface area contributed by atoms with E-state index < -0.39 is 5.97 Å². The lowest BCUT2D eigenvalue weighted by molar-refractivity contribution is -0.121. The number of ether oxygens (including phenoxy) is 1. The summed E-state index contributed by atoms with van der Waals surface area (Å²) in [6.45, 7) is 4.33. The Morgan fingerprint density at radius 2 is 1.83 bits per heavy atom. The first-order valence-electron chi connectivity index (χ1n) is 7.96. The molecule has 0 saturated carbocycles. The Bertz CT molecular complexity index is 679. The van der Waals surface area contributed by atoms with Crippen LogP contribution in [0, 0.1) is 13.8 Å². The van der Waals surface area contributed by atoms with Crippen molar-refractivity contribution in [2.75, 3.05) is 13.2 Å². The lowest BCUT2D eigenvalue weighted by atomic mass is 10.1. The zero-order valence-electron chi connectivity index (χ0n) is 14.0. The van der Waals surface area contributed by atoms with Crippen LogP contribution in [0.2, 0.25) is 0 Å². The van der Waals surface area contributed by atoms with Crippen molar-refractivity contribution in [2.24, 2.45) is 0 Å². The number of carbonyl (C=O) groups excluding carboxylic acids is 2. The van der Waals surface area contributed by atoms with Crippen LogP contribution in [0.1, 0.15) is 33.6 Å². The third-order valence-corrected chi connectivity index (χ3v) is 3.57. The lowest BCUT2D eigenvalue weighted by Gasteiger charge is -2.07. The predicted molar refractivity (Wildman–Crippen MR) is 91.8 cm³/mol. The van der Waals surface area contributed by atoms with Crippen molar-refractivity contribution in [3.05, 3.63) is 65.0 Å². The number of esters is 1. The van der Waals surface area contributed by atoms with Crippen LogP contribution in [0.15, 0.2) is 42.6 Å². The van der Waals surface area contributed by atoms with Gasteiger partial charge in [-0.1, -0.05) is 29.8 Å². The summed E-state index contributed by atoms with van der Waals surface area (Å²) in [7, 11) is 0. The van der Waals surface area contributed by atoms with Gasteiger partial charge in [0.1, 0.15) is 6.61 Å². The van der Waals surface area contributed by atoms with E-state index in [1.165, 1.54) is 11.8 Å². The molecule has 5 heteroatoms. The number of carbonyl (C=O) groups is 2. The van der Waals surface area contributed by atoms with Gasteiger partial charge in [-0.25, -0.2) is 4.79 Å². The van der Waals surface area contributed by atoms with Crippen LogP contribution in [0.25, 0.3) is 0 Å². The Kier molecular flexibility index (Phi) is 6.49. The minimum atomic E-state index is -0.434. The predicted octanol–water partition coefficient (Wildman–Crippen LogP) is 2.60. The standard InChI is InChI=1S/C19H22N2O3/c1-14-3-6-16(7-4-14)8-10-18(22)20-11-12-24-19(23)17-9-5-15(2)21-13-17/h3-7,9,13H,8,10-12H2,1-2H3,(H,20,22). The van der Waals surface area contributed by atoms with Gasteiger partial charge in [0.05, 0.1) is 12.1 Å². The zero-order chi connectivity index (χ0) is 17.4. The highest BCUT2D eigenvalue weighted by atomic mass is 16.5. The highest BCUT2D eigenvalue weighted by Gasteiger charge is 2.07. The molecular weight excluding hydrogens is 304 g/mol. The molecule has 2 rings (SSSR count). The van der Waals surface area contributed by atoms with Crippen molar-refractivity contribution in [3.63, 3.8) is 0 Å². The summed E-state index contributed by atoms with van der Waals surface area (Å²) >= 11 is 0. The first-order valence-corrected chi connectivity index (χ1v) is 7.96. The van der Waals surface area contributed by atoms with Crippen molar-refractivity contribution in [1.82, 2.24) is 10.3 Å². The number of nitrogens with zero attached hydrogens (tertiary/aromatic N) is 1. The minimum Gasteiger partial charge on any atom is -0.460 e. The average molecular weight is 326 g/mol. The summed E-state index contributed by atoms with van der Waals surface area (Å²) in [5, 5.41) is 2.75. The fraction of sp³-hybridized carbons (Fsp3) is 0.316. The summed E-state index contributed by atoms with van der Waals surface area (Å²) in [6, 6.07) is 11.5. The monoisotopic (exact) mass is 326 g/mol. The molecule has 0 fully saturated rings. The summed E-state index contributed by atoms with van der Waals surface area (Å²) in [6.07, 6.45) is 2.59. The van der Waals surface area contributed by atoms with Gasteiger partial charge < -0.3 is 10.1 Å². The molecule has 24 heavy (non-hydrogen) atoms. The van der Waals surface area contributed by atoms with E-state index in [1.54, 1.807) is 12.1 Å². The fourth-order valence-corrected chi connectivity index (χ4v) is 2.11. The molecule has 1 amide bonds. The maximum absolute atomic E-state index is 11.8. The van der Waals surface area contributed by atoms with Crippen LogP contribution < -0.4 is 5.32 Å². The van der Waals surface area contributed by atoms with E-state index in [2.05, 4.69) is 10.3 Å². The van der Waals surface area contributed by atoms with Crippen molar-refractivity contribution in [3.8, 4) is 0 Å². The molecule has 1 aromatic heterocycles. The van der Waals surface area contributed by atoms with Gasteiger partial charge in [-0.2, -0.15) is 0 Å². The Labute approximate surface area is 142 Å². The van der Waals surface area contributed by atoms with Gasteiger partial charge >= 0.3 is 5.97 Å². The van der Waals surface area contributed by atoms with E-state index in [0.717, 1.165) is 11.3 Å². The van der Waals surface area contributed by atoms with Crippen molar-refractivity contribution in [1.29, 1.82) is 0 Å². The van der Waals surface area contributed by atoms with Gasteiger partial charge in [-0.15, -0.1) is 0 Å². The molecule has 1 N–H and O–H groups in total. The van der Waals surface area contributed by atoms with Crippen LogP contribution in [0.3, 0.4) is 0 Å². The molecule has 0 aliphatic heterocycles. The number of hydrogen-bond donors (Lipinski definition) is 1. The number of aryl methyl sites for hydroxylation is 3. The van der Waals surface area contributed by atoms with Gasteiger partial charge in [-0.05, 0) is 38.0 Å². The Morgan fingerprint density at radius 1 is 1.08 bits per heavy atom. The van der Waals surface area contributed by atoms with Crippen molar-refractivity contribution < 1.29 is 14.3 Å². The summed E-state index contributed by atoms with van der Waals surface area (Å²) in [4.78, 5) is 27.6. The molecule has 0 atom stereocenters. The molecule has 0 aliphatic carbocycles. The number of amides is 1. The fourth-order valence-electron chi connectivity index (χ4n) is 2.11. The Morgan fingerprint density at radius 3 is 2.50 bits per heavy atom. The smallest absolute Gasteiger partial charge is 0.339 e. The SMILES string of the molecule is Cc1ccc(CCC(=O)NCCOC(=O)c2ccc(C)nc2)cc1. The van der Waals surface area contributed by atoms with Crippen molar-refractivity contribution >= 4 is 11.9 Å². The zero-order valence-corrected chi connectivity index (χ0v) is 14.0. The molecule has 126 valence electrons. The molecule has 0 aliphatic rings. The molecule has 5 nitrogen and oxygen atoms in total. The molecule has 0 unspecified atom stereocenters. The van der Waals surface area contributed by atoms with Gasteiger partial charge in [0.2, 0.25) is 5.91 Å². The molecule has 0 spiro atoms. The number of aromatic nitrogens is 1. The minimum absolute atomic E-state index is 0.0522. The van der Waals surface area contributed by atoms with Gasteiger partial charge in [0.25, 0.3) is 0 Å². The Hall–Kier alpha value is -2.69. The van der Waals surface area contributed by atoms with E-state index in [9.17, 15) is 9.59 Å². The van der Waals surface area contributed by atoms with Gasteiger partial charge in [0, 0.05) is 18.3 Å². The number of rotatable bonds is 7. The highest BCUT2D eigenvalue weighted by Crippen LogP contribution is 2.05. The van der Waals surface area contributed by atoms with E-state index in [1.807, 2.05) is 38.1 Å². The maximum Gasteiger partial charge on any atom is 0.339 e. The Balaban J connectivity index is 1.63. The molecule has 1 aromatic carbocycles. The molecule has 2 aromatic rings. The second-order valence-electron chi connectivity index (χ2n) is 5.66. The lowest BCUT2D eigenvalue weighted by Crippen LogP contribution is -2.28. The van der Waals surface area contributed by atoms with Crippen molar-refractivity contribution in [2.45, 2.75) is 26.7 Å². The molecular formula is C19H22N2O3.